The Bertz CT molecular complexity index is 461. The maximum Gasteiger partial charge on any atom is 0.239 e. The molecule has 1 saturated heterocycles. The van der Waals surface area contributed by atoms with Crippen LogP contribution >= 0.6 is 0 Å². The van der Waals surface area contributed by atoms with Crippen LogP contribution in [0, 0.1) is 5.92 Å². The van der Waals surface area contributed by atoms with Crippen LogP contribution in [0.4, 0.5) is 0 Å². The van der Waals surface area contributed by atoms with E-state index in [4.69, 9.17) is 5.73 Å². The fourth-order valence-corrected chi connectivity index (χ4v) is 4.40. The third kappa shape index (κ3) is 3.51. The number of amides is 1. The van der Waals surface area contributed by atoms with Gasteiger partial charge in [0.05, 0.1) is 11.5 Å². The first-order valence-corrected chi connectivity index (χ1v) is 9.19. The van der Waals surface area contributed by atoms with Gasteiger partial charge in [-0.05, 0) is 38.3 Å². The van der Waals surface area contributed by atoms with Crippen LogP contribution in [0.25, 0.3) is 0 Å². The van der Waals surface area contributed by atoms with E-state index in [0.717, 1.165) is 12.8 Å². The van der Waals surface area contributed by atoms with E-state index in [0.29, 0.717) is 38.5 Å². The minimum absolute atomic E-state index is 0.179. The van der Waals surface area contributed by atoms with Crippen LogP contribution in [-0.4, -0.2) is 62.4 Å². The number of likely N-dealkylation sites (N-methyl/N-ethyl adjacent to an activating group) is 1. The monoisotopic (exact) mass is 303 g/mol. The van der Waals surface area contributed by atoms with Crippen molar-refractivity contribution in [3.8, 4) is 0 Å². The molecule has 2 aliphatic rings. The van der Waals surface area contributed by atoms with E-state index in [9.17, 15) is 13.2 Å². The van der Waals surface area contributed by atoms with Crippen molar-refractivity contribution in [2.45, 2.75) is 31.7 Å². The molecular weight excluding hydrogens is 278 g/mol. The minimum Gasteiger partial charge on any atom is -0.368 e. The van der Waals surface area contributed by atoms with Gasteiger partial charge in [0.2, 0.25) is 5.91 Å². The molecule has 6 nitrogen and oxygen atoms in total. The molecule has 0 radical (unpaired) electrons. The average molecular weight is 303 g/mol. The Morgan fingerprint density at radius 3 is 2.60 bits per heavy atom. The highest BCUT2D eigenvalue weighted by Gasteiger charge is 2.50. The van der Waals surface area contributed by atoms with Gasteiger partial charge in [-0.15, -0.1) is 0 Å². The summed E-state index contributed by atoms with van der Waals surface area (Å²) in [5, 5.41) is 3.28. The zero-order valence-electron chi connectivity index (χ0n) is 12.1. The third-order valence-corrected chi connectivity index (χ3v) is 6.04. The van der Waals surface area contributed by atoms with Gasteiger partial charge >= 0.3 is 0 Å². The van der Waals surface area contributed by atoms with Crippen LogP contribution in [0.15, 0.2) is 0 Å². The van der Waals surface area contributed by atoms with Gasteiger partial charge in [-0.25, -0.2) is 8.42 Å². The Kier molecular flexibility index (Phi) is 4.71. The van der Waals surface area contributed by atoms with E-state index in [1.54, 1.807) is 0 Å². The van der Waals surface area contributed by atoms with E-state index in [2.05, 4.69) is 10.2 Å². The lowest BCUT2D eigenvalue weighted by Gasteiger charge is -2.36. The normalized spacial score (nSPS) is 26.6. The van der Waals surface area contributed by atoms with Crippen LogP contribution in [0.3, 0.4) is 0 Å². The van der Waals surface area contributed by atoms with Gasteiger partial charge in [0, 0.05) is 13.1 Å². The molecule has 1 unspecified atom stereocenters. The van der Waals surface area contributed by atoms with Crippen LogP contribution in [0.2, 0.25) is 0 Å². The Balaban J connectivity index is 2.09. The molecule has 0 aromatic carbocycles. The Hall–Kier alpha value is -0.660. The van der Waals surface area contributed by atoms with Crippen LogP contribution in [0.5, 0.6) is 0 Å². The van der Waals surface area contributed by atoms with Crippen molar-refractivity contribution >= 4 is 15.7 Å². The largest absolute Gasteiger partial charge is 0.368 e. The fraction of sp³-hybridized carbons (Fsp3) is 0.923. The van der Waals surface area contributed by atoms with Crippen molar-refractivity contribution in [3.63, 3.8) is 0 Å². The van der Waals surface area contributed by atoms with Crippen LogP contribution in [-0.2, 0) is 14.6 Å². The summed E-state index contributed by atoms with van der Waals surface area (Å²) >= 11 is 0. The molecule has 0 spiro atoms. The lowest BCUT2D eigenvalue weighted by molar-refractivity contribution is -0.126. The summed E-state index contributed by atoms with van der Waals surface area (Å²) < 4.78 is 23.3. The van der Waals surface area contributed by atoms with Gasteiger partial charge in [-0.1, -0.05) is 6.92 Å². The molecule has 1 aliphatic heterocycles. The van der Waals surface area contributed by atoms with E-state index in [1.165, 1.54) is 0 Å². The number of primary amides is 1. The van der Waals surface area contributed by atoms with E-state index >= 15 is 0 Å². The number of carbonyl (C=O) groups excluding carboxylic acids is 1. The SMILES string of the molecule is CCNC(CN1CCCS(=O)(=O)CC1)(C(N)=O)C1CC1. The first kappa shape index (κ1) is 15.7. The fourth-order valence-electron chi connectivity index (χ4n) is 3.09. The van der Waals surface area contributed by atoms with Gasteiger partial charge in [-0.3, -0.25) is 9.69 Å². The maximum atomic E-state index is 12.0. The van der Waals surface area contributed by atoms with Crippen molar-refractivity contribution in [2.75, 3.05) is 37.7 Å². The van der Waals surface area contributed by atoms with Crippen molar-refractivity contribution in [3.05, 3.63) is 0 Å². The summed E-state index contributed by atoms with van der Waals surface area (Å²) in [5.41, 5.74) is 4.97. The molecule has 0 aromatic heterocycles. The van der Waals surface area contributed by atoms with E-state index < -0.39 is 15.4 Å². The van der Waals surface area contributed by atoms with Crippen LogP contribution < -0.4 is 11.1 Å². The topological polar surface area (TPSA) is 92.5 Å². The van der Waals surface area contributed by atoms with Gasteiger partial charge < -0.3 is 11.1 Å². The number of carbonyl (C=O) groups is 1. The highest BCUT2D eigenvalue weighted by atomic mass is 32.2. The lowest BCUT2D eigenvalue weighted by Crippen LogP contribution is -2.63. The molecule has 20 heavy (non-hydrogen) atoms. The van der Waals surface area contributed by atoms with Gasteiger partial charge in [-0.2, -0.15) is 0 Å². The molecule has 7 heteroatoms. The molecule has 1 atom stereocenters. The number of nitrogens with one attached hydrogen (secondary N) is 1. The standard InChI is InChI=1S/C13H25N3O3S/c1-2-15-13(12(14)17,11-4-5-11)10-16-6-3-8-20(18,19)9-7-16/h11,15H,2-10H2,1H3,(H2,14,17). The predicted molar refractivity (Wildman–Crippen MR) is 78.0 cm³/mol. The third-order valence-electron chi connectivity index (χ3n) is 4.33. The molecule has 1 saturated carbocycles. The number of hydrogen-bond donors (Lipinski definition) is 2. The summed E-state index contributed by atoms with van der Waals surface area (Å²) in [4.78, 5) is 14.1. The molecule has 1 amide bonds. The molecule has 116 valence electrons. The zero-order valence-corrected chi connectivity index (χ0v) is 12.9. The molecule has 0 aromatic rings. The lowest BCUT2D eigenvalue weighted by atomic mass is 9.91. The second-order valence-corrected chi connectivity index (χ2v) is 8.23. The number of nitrogens with zero attached hydrogens (tertiary/aromatic N) is 1. The molecule has 1 aliphatic carbocycles. The number of rotatable bonds is 6. The first-order chi connectivity index (χ1) is 9.39. The number of nitrogens with two attached hydrogens (primary N) is 1. The summed E-state index contributed by atoms with van der Waals surface area (Å²) in [6.07, 6.45) is 2.66. The number of hydrogen-bond acceptors (Lipinski definition) is 5. The summed E-state index contributed by atoms with van der Waals surface area (Å²) in [7, 11) is -2.92. The van der Waals surface area contributed by atoms with Crippen molar-refractivity contribution in [1.29, 1.82) is 0 Å². The summed E-state index contributed by atoms with van der Waals surface area (Å²) in [5.74, 6) is 0.407. The second kappa shape index (κ2) is 5.99. The molecular formula is C13H25N3O3S. The second-order valence-electron chi connectivity index (χ2n) is 5.92. The molecule has 1 heterocycles. The molecule has 0 bridgehead atoms. The quantitative estimate of drug-likeness (QED) is 0.680. The van der Waals surface area contributed by atoms with Crippen molar-refractivity contribution < 1.29 is 13.2 Å². The maximum absolute atomic E-state index is 12.0. The van der Waals surface area contributed by atoms with Crippen LogP contribution in [0.1, 0.15) is 26.2 Å². The van der Waals surface area contributed by atoms with E-state index in [-0.39, 0.29) is 17.4 Å². The van der Waals surface area contributed by atoms with Crippen molar-refractivity contribution in [2.24, 2.45) is 11.7 Å². The Labute approximate surface area is 121 Å². The predicted octanol–water partition coefficient (Wildman–Crippen LogP) is -0.649. The molecule has 2 fully saturated rings. The Morgan fingerprint density at radius 2 is 2.05 bits per heavy atom. The smallest absolute Gasteiger partial charge is 0.239 e. The van der Waals surface area contributed by atoms with Crippen molar-refractivity contribution in [1.82, 2.24) is 10.2 Å². The Morgan fingerprint density at radius 1 is 1.35 bits per heavy atom. The van der Waals surface area contributed by atoms with Gasteiger partial charge in [0.1, 0.15) is 5.54 Å². The van der Waals surface area contributed by atoms with E-state index in [1.807, 2.05) is 6.92 Å². The highest BCUT2D eigenvalue weighted by Crippen LogP contribution is 2.40. The first-order valence-electron chi connectivity index (χ1n) is 7.37. The summed E-state index contributed by atoms with van der Waals surface area (Å²) in [6, 6.07) is 0. The summed E-state index contributed by atoms with van der Waals surface area (Å²) in [6.45, 7) is 4.39. The zero-order chi connectivity index (χ0) is 14.8. The number of sulfone groups is 1. The molecule has 2 rings (SSSR count). The average Bonchev–Trinajstić information content (AvgIpc) is 3.18. The van der Waals surface area contributed by atoms with Gasteiger partial charge in [0.25, 0.3) is 0 Å². The van der Waals surface area contributed by atoms with Gasteiger partial charge in [0.15, 0.2) is 9.84 Å². The minimum atomic E-state index is -2.92. The highest BCUT2D eigenvalue weighted by molar-refractivity contribution is 7.91. The molecule has 3 N–H and O–H groups in total.